The zero-order valence-electron chi connectivity index (χ0n) is 9.28. The summed E-state index contributed by atoms with van der Waals surface area (Å²) in [6, 6.07) is 0. The first-order valence-electron chi connectivity index (χ1n) is 5.80. The van der Waals surface area contributed by atoms with Crippen molar-refractivity contribution < 1.29 is 9.90 Å². The molecule has 2 aliphatic rings. The van der Waals surface area contributed by atoms with E-state index >= 15 is 0 Å². The van der Waals surface area contributed by atoms with Gasteiger partial charge in [0.05, 0.1) is 5.92 Å². The fourth-order valence-electron chi connectivity index (χ4n) is 3.03. The molecule has 4 heteroatoms. The molecular formula is C11H20N2O2. The summed E-state index contributed by atoms with van der Waals surface area (Å²) in [5.41, 5.74) is 0. The lowest BCUT2D eigenvalue weighted by atomic mass is 9.77. The molecule has 2 fully saturated rings. The molecule has 4 nitrogen and oxygen atoms in total. The summed E-state index contributed by atoms with van der Waals surface area (Å²) in [6.45, 7) is 3.84. The standard InChI is InChI=1S/C11H20N2O2/c1-13-5-3-8(7-13)9-2-4-12-6-10(9)11(14)15/h8-10,12H,2-7H2,1H3,(H,14,15). The second-order valence-electron chi connectivity index (χ2n) is 4.91. The number of piperidine rings is 1. The molecule has 0 aliphatic carbocycles. The molecule has 0 bridgehead atoms. The molecule has 0 radical (unpaired) electrons. The van der Waals surface area contributed by atoms with Crippen LogP contribution in [0.25, 0.3) is 0 Å². The van der Waals surface area contributed by atoms with Gasteiger partial charge in [0, 0.05) is 13.1 Å². The second kappa shape index (κ2) is 4.49. The van der Waals surface area contributed by atoms with Crippen LogP contribution in [0.5, 0.6) is 0 Å². The molecule has 0 amide bonds. The van der Waals surface area contributed by atoms with Gasteiger partial charge in [-0.25, -0.2) is 0 Å². The predicted octanol–water partition coefficient (Wildman–Crippen LogP) is 0.248. The molecule has 2 rings (SSSR count). The fourth-order valence-corrected chi connectivity index (χ4v) is 3.03. The van der Waals surface area contributed by atoms with Gasteiger partial charge in [-0.05, 0) is 44.8 Å². The van der Waals surface area contributed by atoms with Crippen LogP contribution in [0.1, 0.15) is 12.8 Å². The average molecular weight is 212 g/mol. The van der Waals surface area contributed by atoms with E-state index < -0.39 is 5.97 Å². The summed E-state index contributed by atoms with van der Waals surface area (Å²) in [5, 5.41) is 12.4. The summed E-state index contributed by atoms with van der Waals surface area (Å²) in [7, 11) is 2.12. The maximum absolute atomic E-state index is 11.1. The highest BCUT2D eigenvalue weighted by Crippen LogP contribution is 2.33. The Bertz CT molecular complexity index is 245. The van der Waals surface area contributed by atoms with Crippen LogP contribution in [0.4, 0.5) is 0 Å². The maximum atomic E-state index is 11.1. The lowest BCUT2D eigenvalue weighted by Gasteiger charge is -2.33. The largest absolute Gasteiger partial charge is 0.481 e. The molecule has 15 heavy (non-hydrogen) atoms. The Kier molecular flexibility index (Phi) is 3.26. The Labute approximate surface area is 90.6 Å². The third-order valence-electron chi connectivity index (χ3n) is 3.89. The van der Waals surface area contributed by atoms with Crippen molar-refractivity contribution in [1.29, 1.82) is 0 Å². The molecule has 2 aliphatic heterocycles. The number of hydrogen-bond acceptors (Lipinski definition) is 3. The molecule has 0 aromatic heterocycles. The number of aliphatic carboxylic acids is 1. The smallest absolute Gasteiger partial charge is 0.308 e. The van der Waals surface area contributed by atoms with Crippen LogP contribution in [0.3, 0.4) is 0 Å². The third kappa shape index (κ3) is 2.32. The van der Waals surface area contributed by atoms with Gasteiger partial charge >= 0.3 is 5.97 Å². The molecule has 86 valence electrons. The van der Waals surface area contributed by atoms with Gasteiger partial charge in [0.1, 0.15) is 0 Å². The maximum Gasteiger partial charge on any atom is 0.308 e. The minimum Gasteiger partial charge on any atom is -0.481 e. The van der Waals surface area contributed by atoms with Crippen molar-refractivity contribution >= 4 is 5.97 Å². The lowest BCUT2D eigenvalue weighted by molar-refractivity contribution is -0.145. The van der Waals surface area contributed by atoms with E-state index in [-0.39, 0.29) is 5.92 Å². The Morgan fingerprint density at radius 1 is 1.47 bits per heavy atom. The van der Waals surface area contributed by atoms with E-state index in [2.05, 4.69) is 17.3 Å². The molecule has 0 spiro atoms. The Morgan fingerprint density at radius 2 is 2.27 bits per heavy atom. The number of carboxylic acid groups (broad SMARTS) is 1. The van der Waals surface area contributed by atoms with Gasteiger partial charge in [0.25, 0.3) is 0 Å². The summed E-state index contributed by atoms with van der Waals surface area (Å²) < 4.78 is 0. The minimum absolute atomic E-state index is 0.171. The van der Waals surface area contributed by atoms with Crippen LogP contribution >= 0.6 is 0 Å². The Hall–Kier alpha value is -0.610. The summed E-state index contributed by atoms with van der Waals surface area (Å²) in [6.07, 6.45) is 2.19. The van der Waals surface area contributed by atoms with Crippen LogP contribution in [-0.2, 0) is 4.79 Å². The highest BCUT2D eigenvalue weighted by molar-refractivity contribution is 5.70. The van der Waals surface area contributed by atoms with Gasteiger partial charge in [-0.3, -0.25) is 4.79 Å². The number of likely N-dealkylation sites (tertiary alicyclic amines) is 1. The Balaban J connectivity index is 2.01. The van der Waals surface area contributed by atoms with E-state index in [9.17, 15) is 9.90 Å². The van der Waals surface area contributed by atoms with Gasteiger partial charge in [0.2, 0.25) is 0 Å². The number of carboxylic acids is 1. The topological polar surface area (TPSA) is 52.6 Å². The van der Waals surface area contributed by atoms with Gasteiger partial charge in [-0.15, -0.1) is 0 Å². The molecule has 0 saturated carbocycles. The zero-order valence-corrected chi connectivity index (χ0v) is 9.28. The highest BCUT2D eigenvalue weighted by Gasteiger charge is 2.38. The summed E-state index contributed by atoms with van der Waals surface area (Å²) in [5.74, 6) is 0.184. The lowest BCUT2D eigenvalue weighted by Crippen LogP contribution is -2.44. The first-order valence-corrected chi connectivity index (χ1v) is 5.80. The molecule has 0 aromatic carbocycles. The number of nitrogens with one attached hydrogen (secondary N) is 1. The highest BCUT2D eigenvalue weighted by atomic mass is 16.4. The van der Waals surface area contributed by atoms with Crippen molar-refractivity contribution in [3.8, 4) is 0 Å². The van der Waals surface area contributed by atoms with Crippen molar-refractivity contribution in [2.45, 2.75) is 12.8 Å². The monoisotopic (exact) mass is 212 g/mol. The number of carbonyl (C=O) groups is 1. The Morgan fingerprint density at radius 3 is 2.87 bits per heavy atom. The zero-order chi connectivity index (χ0) is 10.8. The number of rotatable bonds is 2. The van der Waals surface area contributed by atoms with Gasteiger partial charge in [-0.2, -0.15) is 0 Å². The van der Waals surface area contributed by atoms with E-state index in [1.807, 2.05) is 0 Å². The van der Waals surface area contributed by atoms with Gasteiger partial charge in [-0.1, -0.05) is 0 Å². The van der Waals surface area contributed by atoms with Crippen molar-refractivity contribution in [2.24, 2.45) is 17.8 Å². The quantitative estimate of drug-likeness (QED) is 0.689. The van der Waals surface area contributed by atoms with E-state index in [1.54, 1.807) is 0 Å². The van der Waals surface area contributed by atoms with Crippen LogP contribution in [0, 0.1) is 17.8 Å². The number of hydrogen-bond donors (Lipinski definition) is 2. The number of nitrogens with zero attached hydrogens (tertiary/aromatic N) is 1. The summed E-state index contributed by atoms with van der Waals surface area (Å²) in [4.78, 5) is 13.5. The van der Waals surface area contributed by atoms with Crippen LogP contribution in [0.2, 0.25) is 0 Å². The van der Waals surface area contributed by atoms with E-state index in [1.165, 1.54) is 6.42 Å². The fraction of sp³-hybridized carbons (Fsp3) is 0.909. The third-order valence-corrected chi connectivity index (χ3v) is 3.89. The first kappa shape index (κ1) is 10.9. The first-order chi connectivity index (χ1) is 7.18. The van der Waals surface area contributed by atoms with Crippen LogP contribution < -0.4 is 5.32 Å². The van der Waals surface area contributed by atoms with Crippen molar-refractivity contribution in [3.05, 3.63) is 0 Å². The second-order valence-corrected chi connectivity index (χ2v) is 4.91. The molecule has 3 atom stereocenters. The van der Waals surface area contributed by atoms with E-state index in [0.717, 1.165) is 26.1 Å². The van der Waals surface area contributed by atoms with Crippen LogP contribution in [0.15, 0.2) is 0 Å². The van der Waals surface area contributed by atoms with Crippen molar-refractivity contribution in [2.75, 3.05) is 33.2 Å². The molecule has 0 aromatic rings. The van der Waals surface area contributed by atoms with Gasteiger partial charge in [0.15, 0.2) is 0 Å². The predicted molar refractivity (Wildman–Crippen MR) is 57.7 cm³/mol. The van der Waals surface area contributed by atoms with Gasteiger partial charge < -0.3 is 15.3 Å². The molecule has 2 N–H and O–H groups in total. The minimum atomic E-state index is -0.623. The molecule has 3 unspecified atom stereocenters. The SMILES string of the molecule is CN1CCC(C2CCNCC2C(=O)O)C1. The van der Waals surface area contributed by atoms with Crippen LogP contribution in [-0.4, -0.2) is 49.2 Å². The normalized spacial score (nSPS) is 38.1. The van der Waals surface area contributed by atoms with E-state index in [4.69, 9.17) is 0 Å². The molecular weight excluding hydrogens is 192 g/mol. The van der Waals surface area contributed by atoms with E-state index in [0.29, 0.717) is 18.4 Å². The summed E-state index contributed by atoms with van der Waals surface area (Å²) >= 11 is 0. The average Bonchev–Trinajstić information content (AvgIpc) is 2.65. The van der Waals surface area contributed by atoms with Crippen molar-refractivity contribution in [1.82, 2.24) is 10.2 Å². The van der Waals surface area contributed by atoms with Crippen molar-refractivity contribution in [3.63, 3.8) is 0 Å². The molecule has 2 saturated heterocycles. The molecule has 2 heterocycles.